The lowest BCUT2D eigenvalue weighted by Crippen LogP contribution is -2.63. The molecule has 26 heteroatoms. The first kappa shape index (κ1) is 57.7. The Morgan fingerprint density at radius 2 is 1.27 bits per heavy atom. The fourth-order valence-corrected chi connectivity index (χ4v) is 8.70. The fraction of sp³-hybridized carbons (Fsp3) is 0.396. The monoisotopic (exact) mass is 1110 g/mol. The van der Waals surface area contributed by atoms with E-state index in [-0.39, 0.29) is 62.9 Å². The molecule has 0 amide bonds. The summed E-state index contributed by atoms with van der Waals surface area (Å²) in [4.78, 5) is 26.5. The van der Waals surface area contributed by atoms with Crippen LogP contribution in [0.15, 0.2) is 84.6 Å². The molecule has 426 valence electrons. The van der Waals surface area contributed by atoms with Gasteiger partial charge in [0, 0.05) is 29.8 Å². The summed E-state index contributed by atoms with van der Waals surface area (Å²) in [5.41, 5.74) is 0.967. The lowest BCUT2D eigenvalue weighted by atomic mass is 9.97. The Morgan fingerprint density at radius 1 is 0.620 bits per heavy atom. The summed E-state index contributed by atoms with van der Waals surface area (Å²) in [6, 6.07) is 14.8. The first-order chi connectivity index (χ1) is 37.8. The Morgan fingerprint density at radius 3 is 1.95 bits per heavy atom. The van der Waals surface area contributed by atoms with Gasteiger partial charge in [-0.2, -0.15) is 0 Å². The number of aliphatic hydroxyl groups excluding tert-OH is 8. The summed E-state index contributed by atoms with van der Waals surface area (Å²) in [6.07, 6.45) is -21.1. The van der Waals surface area contributed by atoms with Crippen molar-refractivity contribution in [2.24, 2.45) is 0 Å². The molecule has 3 saturated heterocycles. The van der Waals surface area contributed by atoms with E-state index in [0.29, 0.717) is 11.1 Å². The van der Waals surface area contributed by atoms with Gasteiger partial charge in [-0.1, -0.05) is 18.2 Å². The van der Waals surface area contributed by atoms with E-state index in [1.165, 1.54) is 100 Å². The second kappa shape index (κ2) is 25.1. The highest BCUT2D eigenvalue weighted by Gasteiger charge is 2.52. The van der Waals surface area contributed by atoms with Crippen LogP contribution in [0.3, 0.4) is 0 Å². The Hall–Kier alpha value is -7.44. The number of phenolic OH excluding ortho intramolecular Hbond substituents is 4. The first-order valence-corrected chi connectivity index (χ1v) is 24.2. The summed E-state index contributed by atoms with van der Waals surface area (Å²) in [5, 5.41) is 129. The van der Waals surface area contributed by atoms with Gasteiger partial charge >= 0.3 is 11.9 Å². The van der Waals surface area contributed by atoms with Crippen molar-refractivity contribution in [2.75, 3.05) is 41.2 Å². The molecule has 3 fully saturated rings. The van der Waals surface area contributed by atoms with Gasteiger partial charge in [0.15, 0.2) is 47.6 Å². The van der Waals surface area contributed by atoms with E-state index in [2.05, 4.69) is 0 Å². The first-order valence-electron chi connectivity index (χ1n) is 24.2. The predicted octanol–water partition coefficient (Wildman–Crippen LogP) is -0.00350. The number of benzene rings is 4. The van der Waals surface area contributed by atoms with E-state index in [1.54, 1.807) is 0 Å². The van der Waals surface area contributed by atoms with Crippen LogP contribution in [0.25, 0.3) is 18.2 Å². The number of methoxy groups -OCH3 is 3. The average Bonchev–Trinajstić information content (AvgIpc) is 3.53. The molecule has 0 aliphatic carbocycles. The topological polar surface area (TPSA) is 388 Å². The number of ether oxygens (including phenoxy) is 12. The third-order valence-corrected chi connectivity index (χ3v) is 13.0. The number of fused-ring (bicyclic) bond motifs is 1. The number of esters is 2. The lowest BCUT2D eigenvalue weighted by Gasteiger charge is -2.45. The van der Waals surface area contributed by atoms with Crippen LogP contribution in [0.4, 0.5) is 0 Å². The molecular formula is C53H58O26. The zero-order valence-electron chi connectivity index (χ0n) is 42.1. The molecule has 26 nitrogen and oxygen atoms in total. The van der Waals surface area contributed by atoms with Crippen molar-refractivity contribution in [1.29, 1.82) is 0 Å². The van der Waals surface area contributed by atoms with Crippen LogP contribution < -0.4 is 23.7 Å². The van der Waals surface area contributed by atoms with Crippen LogP contribution in [0.1, 0.15) is 28.4 Å². The molecule has 0 bridgehead atoms. The standard InChI is InChI=1S/C53H58O26/c1-68-33-14-23(4-11-29(33)57)5-12-39(59)71-22-38-44(64)46(66)50(79-52-49(41(61)30(58)21-72-52)78-40(60)13-6-24-15-34(69-2)42(62)35(16-24)70-3)53(77-38)75-36-19-28-31(73-48(36)25-7-9-26(55)10-8-25)17-27(56)18-32(28)74-51-47(67)45(65)43(63)37(20-54)76-51/h4-19,30,37-38,41,43-58,61-67H,20-22H2,1-3H3/b12-5+,13-6+/t30-,37-,38-,41+,43+,44+,45-,46-,47+,48?,49+,50+,51+,52+,53+/m0/s1. The number of aromatic hydroxyl groups is 4. The van der Waals surface area contributed by atoms with Crippen molar-refractivity contribution in [1.82, 2.24) is 0 Å². The van der Waals surface area contributed by atoms with E-state index in [9.17, 15) is 70.9 Å². The van der Waals surface area contributed by atoms with Crippen molar-refractivity contribution < 1.29 is 128 Å². The van der Waals surface area contributed by atoms with Gasteiger partial charge in [-0.3, -0.25) is 0 Å². The number of aliphatic hydroxyl groups is 8. The molecule has 4 aromatic carbocycles. The van der Waals surface area contributed by atoms with Crippen molar-refractivity contribution in [2.45, 2.75) is 92.1 Å². The molecule has 1 unspecified atom stereocenters. The summed E-state index contributed by atoms with van der Waals surface area (Å²) in [6.45, 7) is -2.17. The quantitative estimate of drug-likeness (QED) is 0.0461. The average molecular weight is 1110 g/mol. The van der Waals surface area contributed by atoms with Gasteiger partial charge in [0.2, 0.25) is 18.3 Å². The van der Waals surface area contributed by atoms with Gasteiger partial charge < -0.3 is 118 Å². The number of phenols is 4. The maximum Gasteiger partial charge on any atom is 0.331 e. The number of hydrogen-bond donors (Lipinski definition) is 12. The molecule has 4 heterocycles. The van der Waals surface area contributed by atoms with Crippen LogP contribution in [-0.2, 0) is 42.7 Å². The van der Waals surface area contributed by atoms with E-state index in [1.807, 2.05) is 0 Å². The highest BCUT2D eigenvalue weighted by Crippen LogP contribution is 2.46. The molecule has 4 aliphatic rings. The van der Waals surface area contributed by atoms with Gasteiger partial charge in [-0.15, -0.1) is 0 Å². The number of carbonyl (C=O) groups is 2. The normalized spacial score (nSPS) is 29.7. The second-order valence-electron chi connectivity index (χ2n) is 18.2. The molecule has 0 aromatic heterocycles. The predicted molar refractivity (Wildman–Crippen MR) is 265 cm³/mol. The molecule has 0 spiro atoms. The number of hydrogen-bond acceptors (Lipinski definition) is 26. The Labute approximate surface area is 448 Å². The Bertz CT molecular complexity index is 2850. The second-order valence-corrected chi connectivity index (χ2v) is 18.2. The third kappa shape index (κ3) is 13.0. The fourth-order valence-electron chi connectivity index (χ4n) is 8.70. The number of carbonyl (C=O) groups excluding carboxylic acids is 2. The largest absolute Gasteiger partial charge is 0.508 e. The van der Waals surface area contributed by atoms with Crippen LogP contribution in [0.2, 0.25) is 0 Å². The van der Waals surface area contributed by atoms with Crippen molar-refractivity contribution in [3.8, 4) is 51.7 Å². The molecule has 8 rings (SSSR count). The number of rotatable bonds is 18. The molecule has 4 aliphatic heterocycles. The zero-order valence-corrected chi connectivity index (χ0v) is 42.1. The summed E-state index contributed by atoms with van der Waals surface area (Å²) in [7, 11) is 3.93. The molecule has 0 radical (unpaired) electrons. The summed E-state index contributed by atoms with van der Waals surface area (Å²) in [5.74, 6) is -3.61. The maximum atomic E-state index is 13.4. The van der Waals surface area contributed by atoms with Crippen LogP contribution >= 0.6 is 0 Å². The minimum absolute atomic E-state index is 0.00630. The van der Waals surface area contributed by atoms with Crippen molar-refractivity contribution in [3.05, 3.63) is 107 Å². The Balaban J connectivity index is 1.13. The maximum absolute atomic E-state index is 13.4. The van der Waals surface area contributed by atoms with Crippen LogP contribution in [-0.4, -0.2) is 200 Å². The molecule has 0 saturated carbocycles. The SMILES string of the molecule is COc1cc(/C=C/C(=O)OC[C@@H]2O[C@@H](OC3=Cc4c(cc(O)cc4O[C@@H]4O[C@@H](CO)[C@@H](O)[C@H](O)[C@H]4O)OC3c3ccc(O)cc3)[C@H](O[C@H]3OC[C@H](O)[C@@H](O)[C@H]3OC(=O)/C=C/c3cc(OC)c(O)c(OC)c3)[C@@H](O)[C@@H]2O)ccc1O. The van der Waals surface area contributed by atoms with Gasteiger partial charge in [0.1, 0.15) is 90.3 Å². The summed E-state index contributed by atoms with van der Waals surface area (Å²) >= 11 is 0. The Kier molecular flexibility index (Phi) is 18.4. The van der Waals surface area contributed by atoms with E-state index in [0.717, 1.165) is 18.2 Å². The molecule has 79 heavy (non-hydrogen) atoms. The van der Waals surface area contributed by atoms with Crippen LogP contribution in [0.5, 0.6) is 51.7 Å². The molecule has 4 aromatic rings. The van der Waals surface area contributed by atoms with Crippen LogP contribution in [0, 0.1) is 0 Å². The molecule has 15 atom stereocenters. The van der Waals surface area contributed by atoms with E-state index < -0.39 is 130 Å². The molecule has 12 N–H and O–H groups in total. The van der Waals surface area contributed by atoms with Gasteiger partial charge in [0.05, 0.1) is 40.1 Å². The highest BCUT2D eigenvalue weighted by molar-refractivity contribution is 5.88. The van der Waals surface area contributed by atoms with Crippen molar-refractivity contribution in [3.63, 3.8) is 0 Å². The van der Waals surface area contributed by atoms with Gasteiger partial charge in [0.25, 0.3) is 0 Å². The minimum atomic E-state index is -2.09. The van der Waals surface area contributed by atoms with Crippen molar-refractivity contribution >= 4 is 30.2 Å². The third-order valence-electron chi connectivity index (χ3n) is 13.0. The van der Waals surface area contributed by atoms with E-state index >= 15 is 0 Å². The zero-order chi connectivity index (χ0) is 56.8. The van der Waals surface area contributed by atoms with E-state index in [4.69, 9.17) is 56.8 Å². The lowest BCUT2D eigenvalue weighted by molar-refractivity contribution is -0.353. The molecular weight excluding hydrogens is 1050 g/mol. The minimum Gasteiger partial charge on any atom is -0.508 e. The van der Waals surface area contributed by atoms with Gasteiger partial charge in [-0.25, -0.2) is 9.59 Å². The smallest absolute Gasteiger partial charge is 0.331 e. The highest BCUT2D eigenvalue weighted by atomic mass is 16.8. The summed E-state index contributed by atoms with van der Waals surface area (Å²) < 4.78 is 69.1. The van der Waals surface area contributed by atoms with Gasteiger partial charge in [-0.05, 0) is 65.8 Å².